The van der Waals surface area contributed by atoms with Crippen LogP contribution in [-0.4, -0.2) is 50.8 Å². The van der Waals surface area contributed by atoms with Crippen molar-refractivity contribution in [2.75, 3.05) is 33.9 Å². The van der Waals surface area contributed by atoms with Gasteiger partial charge in [0.25, 0.3) is 0 Å². The molecule has 1 fully saturated rings. The molecule has 19 heavy (non-hydrogen) atoms. The van der Waals surface area contributed by atoms with E-state index in [4.69, 9.17) is 9.47 Å². The van der Waals surface area contributed by atoms with Crippen molar-refractivity contribution in [3.05, 3.63) is 24.3 Å². The topological polar surface area (TPSA) is 33.7 Å². The summed E-state index contributed by atoms with van der Waals surface area (Å²) < 4.78 is 10.8. The van der Waals surface area contributed by atoms with E-state index in [2.05, 4.69) is 24.2 Å². The summed E-state index contributed by atoms with van der Waals surface area (Å²) in [6, 6.07) is 8.97. The Labute approximate surface area is 115 Å². The van der Waals surface area contributed by atoms with Crippen LogP contribution in [0.2, 0.25) is 0 Å². The van der Waals surface area contributed by atoms with Gasteiger partial charge in [0.15, 0.2) is 0 Å². The number of likely N-dealkylation sites (N-methyl/N-ethyl adjacent to an activating group) is 1. The average molecular weight is 264 g/mol. The molecule has 0 unspecified atom stereocenters. The molecule has 1 N–H and O–H groups in total. The van der Waals surface area contributed by atoms with Crippen LogP contribution < -0.4 is 14.8 Å². The molecule has 0 bridgehead atoms. The lowest BCUT2D eigenvalue weighted by Gasteiger charge is -2.13. The predicted octanol–water partition coefficient (Wildman–Crippen LogP) is 1.76. The number of methoxy groups -OCH3 is 1. The molecule has 0 aliphatic carbocycles. The third-order valence-electron chi connectivity index (χ3n) is 3.75. The lowest BCUT2D eigenvalue weighted by Crippen LogP contribution is -2.34. The van der Waals surface area contributed by atoms with Crippen molar-refractivity contribution < 1.29 is 9.47 Å². The van der Waals surface area contributed by atoms with Crippen molar-refractivity contribution in [1.29, 1.82) is 0 Å². The largest absolute Gasteiger partial charge is 0.497 e. The van der Waals surface area contributed by atoms with E-state index < -0.39 is 0 Å². The number of hydrogen-bond donors (Lipinski definition) is 1. The molecule has 2 rings (SSSR count). The average Bonchev–Trinajstić information content (AvgIpc) is 2.74. The highest BCUT2D eigenvalue weighted by atomic mass is 16.5. The Hall–Kier alpha value is -1.26. The highest BCUT2D eigenvalue weighted by Crippen LogP contribution is 2.17. The first-order valence-electron chi connectivity index (χ1n) is 6.89. The van der Waals surface area contributed by atoms with Gasteiger partial charge in [0.1, 0.15) is 18.1 Å². The van der Waals surface area contributed by atoms with Gasteiger partial charge in [-0.05, 0) is 44.7 Å². The van der Waals surface area contributed by atoms with Gasteiger partial charge < -0.3 is 19.7 Å². The van der Waals surface area contributed by atoms with Crippen molar-refractivity contribution in [2.24, 2.45) is 0 Å². The molecular weight excluding hydrogens is 240 g/mol. The van der Waals surface area contributed by atoms with Crippen LogP contribution in [0.15, 0.2) is 24.3 Å². The van der Waals surface area contributed by atoms with Gasteiger partial charge in [-0.25, -0.2) is 0 Å². The van der Waals surface area contributed by atoms with Gasteiger partial charge in [0.2, 0.25) is 0 Å². The van der Waals surface area contributed by atoms with Gasteiger partial charge in [-0.3, -0.25) is 0 Å². The third-order valence-corrected chi connectivity index (χ3v) is 3.75. The van der Waals surface area contributed by atoms with Crippen molar-refractivity contribution in [2.45, 2.75) is 25.4 Å². The van der Waals surface area contributed by atoms with Crippen molar-refractivity contribution >= 4 is 0 Å². The fourth-order valence-corrected chi connectivity index (χ4v) is 2.45. The van der Waals surface area contributed by atoms with Crippen LogP contribution in [0.25, 0.3) is 0 Å². The number of benzene rings is 1. The Morgan fingerprint density at radius 1 is 1.26 bits per heavy atom. The van der Waals surface area contributed by atoms with Crippen LogP contribution in [0, 0.1) is 0 Å². The molecule has 4 nitrogen and oxygen atoms in total. The van der Waals surface area contributed by atoms with Gasteiger partial charge in [0.05, 0.1) is 7.11 Å². The maximum absolute atomic E-state index is 5.69. The van der Waals surface area contributed by atoms with Crippen LogP contribution >= 0.6 is 0 Å². The first-order chi connectivity index (χ1) is 9.19. The van der Waals surface area contributed by atoms with Crippen LogP contribution in [0.3, 0.4) is 0 Å². The van der Waals surface area contributed by atoms with E-state index in [1.165, 1.54) is 6.42 Å². The van der Waals surface area contributed by atoms with Gasteiger partial charge in [0, 0.05) is 25.2 Å². The molecule has 0 aromatic heterocycles. The zero-order chi connectivity index (χ0) is 13.7. The Bertz CT molecular complexity index is 370. The Morgan fingerprint density at radius 2 is 1.95 bits per heavy atom. The number of hydrogen-bond acceptors (Lipinski definition) is 4. The van der Waals surface area contributed by atoms with E-state index in [0.717, 1.165) is 24.6 Å². The Balaban J connectivity index is 1.64. The van der Waals surface area contributed by atoms with Crippen molar-refractivity contribution in [3.63, 3.8) is 0 Å². The second kappa shape index (κ2) is 6.78. The second-order valence-electron chi connectivity index (χ2n) is 5.20. The monoisotopic (exact) mass is 264 g/mol. The molecule has 2 atom stereocenters. The second-order valence-corrected chi connectivity index (χ2v) is 5.20. The summed E-state index contributed by atoms with van der Waals surface area (Å²) in [6.07, 6.45) is 1.22. The molecule has 0 saturated carbocycles. The molecule has 1 aromatic rings. The summed E-state index contributed by atoms with van der Waals surface area (Å²) in [5.41, 5.74) is 0. The number of likely N-dealkylation sites (tertiary alicyclic amines) is 1. The van der Waals surface area contributed by atoms with E-state index >= 15 is 0 Å². The molecule has 1 aliphatic heterocycles. The van der Waals surface area contributed by atoms with Crippen molar-refractivity contribution in [3.8, 4) is 11.5 Å². The van der Waals surface area contributed by atoms with Crippen molar-refractivity contribution in [1.82, 2.24) is 10.2 Å². The minimum Gasteiger partial charge on any atom is -0.497 e. The molecule has 1 saturated heterocycles. The van der Waals surface area contributed by atoms with E-state index in [1.807, 2.05) is 24.3 Å². The molecule has 1 aromatic carbocycles. The van der Waals surface area contributed by atoms with Gasteiger partial charge in [-0.2, -0.15) is 0 Å². The summed E-state index contributed by atoms with van der Waals surface area (Å²) in [5, 5.41) is 3.54. The smallest absolute Gasteiger partial charge is 0.119 e. The Morgan fingerprint density at radius 3 is 2.53 bits per heavy atom. The number of nitrogens with zero attached hydrogens (tertiary/aromatic N) is 1. The van der Waals surface area contributed by atoms with Gasteiger partial charge >= 0.3 is 0 Å². The Kier molecular flexibility index (Phi) is 5.05. The zero-order valence-electron chi connectivity index (χ0n) is 12.1. The molecule has 4 heteroatoms. The summed E-state index contributed by atoms with van der Waals surface area (Å²) in [5.74, 6) is 1.74. The van der Waals surface area contributed by atoms with Crippen LogP contribution in [0.5, 0.6) is 11.5 Å². The van der Waals surface area contributed by atoms with Crippen LogP contribution in [0.1, 0.15) is 13.3 Å². The van der Waals surface area contributed by atoms with E-state index in [-0.39, 0.29) is 0 Å². The molecule has 1 aliphatic rings. The van der Waals surface area contributed by atoms with E-state index in [1.54, 1.807) is 7.11 Å². The fourth-order valence-electron chi connectivity index (χ4n) is 2.45. The quantitative estimate of drug-likeness (QED) is 0.794. The third kappa shape index (κ3) is 4.11. The summed E-state index contributed by atoms with van der Waals surface area (Å²) in [7, 11) is 3.85. The fraction of sp³-hybridized carbons (Fsp3) is 0.600. The molecular formula is C15H24N2O2. The number of rotatable bonds is 6. The highest BCUT2D eigenvalue weighted by Gasteiger charge is 2.25. The zero-order valence-corrected chi connectivity index (χ0v) is 12.1. The maximum Gasteiger partial charge on any atom is 0.119 e. The predicted molar refractivity (Wildman–Crippen MR) is 77.0 cm³/mol. The normalized spacial score (nSPS) is 23.5. The molecule has 0 radical (unpaired) electrons. The first-order valence-corrected chi connectivity index (χ1v) is 6.89. The lowest BCUT2D eigenvalue weighted by atomic mass is 10.2. The number of nitrogens with one attached hydrogen (secondary N) is 1. The summed E-state index contributed by atoms with van der Waals surface area (Å²) in [6.45, 7) is 4.98. The van der Waals surface area contributed by atoms with Gasteiger partial charge in [-0.1, -0.05) is 0 Å². The molecule has 1 heterocycles. The lowest BCUT2D eigenvalue weighted by molar-refractivity contribution is 0.300. The highest BCUT2D eigenvalue weighted by molar-refractivity contribution is 5.31. The van der Waals surface area contributed by atoms with E-state index in [9.17, 15) is 0 Å². The summed E-state index contributed by atoms with van der Waals surface area (Å²) >= 11 is 0. The molecule has 0 spiro atoms. The minimum absolute atomic E-state index is 0.597. The number of ether oxygens (including phenoxy) is 2. The first kappa shape index (κ1) is 14.2. The van der Waals surface area contributed by atoms with Crippen LogP contribution in [0.4, 0.5) is 0 Å². The van der Waals surface area contributed by atoms with E-state index in [0.29, 0.717) is 18.7 Å². The van der Waals surface area contributed by atoms with Crippen LogP contribution in [-0.2, 0) is 0 Å². The molecule has 106 valence electrons. The summed E-state index contributed by atoms with van der Waals surface area (Å²) in [4.78, 5) is 2.39. The molecule has 0 amide bonds. The standard InChI is InChI=1S/C15H24N2O2/c1-12-10-13(11-17(12)2)16-8-9-19-15-6-4-14(18-3)5-7-15/h4-7,12-13,16H,8-11H2,1-3H3/t12-,13+/m0/s1. The maximum atomic E-state index is 5.69. The minimum atomic E-state index is 0.597. The van der Waals surface area contributed by atoms with Gasteiger partial charge in [-0.15, -0.1) is 0 Å². The SMILES string of the molecule is COc1ccc(OCCN[C@@H]2C[C@H](C)N(C)C2)cc1.